The Labute approximate surface area is 124 Å². The summed E-state index contributed by atoms with van der Waals surface area (Å²) in [5.74, 6) is 5.71. The van der Waals surface area contributed by atoms with Crippen LogP contribution in [0.4, 0.5) is 11.4 Å². The van der Waals surface area contributed by atoms with Gasteiger partial charge in [0.2, 0.25) is 0 Å². The third-order valence-corrected chi connectivity index (χ3v) is 4.28. The number of ketones is 1. The highest BCUT2D eigenvalue weighted by Gasteiger charge is 2.34. The van der Waals surface area contributed by atoms with Gasteiger partial charge in [0.05, 0.1) is 17.3 Å². The summed E-state index contributed by atoms with van der Waals surface area (Å²) in [6.45, 7) is 0. The summed E-state index contributed by atoms with van der Waals surface area (Å²) in [4.78, 5) is 23.3. The fraction of sp³-hybridized carbons (Fsp3) is 0.500. The fourth-order valence-electron chi connectivity index (χ4n) is 2.63. The van der Waals surface area contributed by atoms with E-state index in [2.05, 4.69) is 0 Å². The molecule has 0 heterocycles. The van der Waals surface area contributed by atoms with Crippen molar-refractivity contribution in [2.24, 2.45) is 17.7 Å². The second kappa shape index (κ2) is 5.48. The second-order valence-electron chi connectivity index (χ2n) is 6.15. The van der Waals surface area contributed by atoms with Crippen molar-refractivity contribution in [1.82, 2.24) is 0 Å². The van der Waals surface area contributed by atoms with Crippen LogP contribution in [0, 0.1) is 11.8 Å². The van der Waals surface area contributed by atoms with Crippen molar-refractivity contribution >= 4 is 23.4 Å². The quantitative estimate of drug-likeness (QED) is 0.260. The summed E-state index contributed by atoms with van der Waals surface area (Å²) >= 11 is 0. The predicted octanol–water partition coefficient (Wildman–Crippen LogP) is 1.45. The van der Waals surface area contributed by atoms with Gasteiger partial charge in [0.15, 0.2) is 0 Å². The number of carbonyl (C=O) groups is 2. The molecule has 112 valence electrons. The molecule has 2 aliphatic rings. The van der Waals surface area contributed by atoms with Crippen molar-refractivity contribution in [1.29, 1.82) is 0 Å². The van der Waals surface area contributed by atoms with E-state index in [1.165, 1.54) is 0 Å². The van der Waals surface area contributed by atoms with Crippen LogP contribution < -0.4 is 16.6 Å². The molecule has 2 saturated carbocycles. The van der Waals surface area contributed by atoms with Gasteiger partial charge in [-0.25, -0.2) is 5.84 Å². The SMILES string of the molecule is Nc1ccc(CC(C=O)C(=O)C2CC2)cc1N(N)C1CC1. The summed E-state index contributed by atoms with van der Waals surface area (Å²) in [5, 5.41) is 1.71. The van der Waals surface area contributed by atoms with E-state index in [0.29, 0.717) is 18.2 Å². The number of Topliss-reactive ketones (excluding diaryl/α,β-unsaturated/α-hetero) is 1. The number of hydrazine groups is 1. The van der Waals surface area contributed by atoms with Gasteiger partial charge in [-0.1, -0.05) is 6.07 Å². The van der Waals surface area contributed by atoms with Crippen molar-refractivity contribution in [2.75, 3.05) is 10.7 Å². The predicted molar refractivity (Wildman–Crippen MR) is 81.5 cm³/mol. The van der Waals surface area contributed by atoms with Crippen LogP contribution in [-0.4, -0.2) is 18.1 Å². The Morgan fingerprint density at radius 3 is 2.62 bits per heavy atom. The molecule has 2 fully saturated rings. The monoisotopic (exact) mass is 287 g/mol. The minimum Gasteiger partial charge on any atom is -0.397 e. The molecule has 0 aliphatic heterocycles. The van der Waals surface area contributed by atoms with Gasteiger partial charge >= 0.3 is 0 Å². The van der Waals surface area contributed by atoms with E-state index in [-0.39, 0.29) is 11.7 Å². The molecular weight excluding hydrogens is 266 g/mol. The Morgan fingerprint density at radius 1 is 1.33 bits per heavy atom. The molecule has 0 aromatic heterocycles. The van der Waals surface area contributed by atoms with Gasteiger partial charge in [-0.2, -0.15) is 0 Å². The molecule has 0 radical (unpaired) electrons. The van der Waals surface area contributed by atoms with Gasteiger partial charge in [0.1, 0.15) is 12.1 Å². The van der Waals surface area contributed by atoms with Gasteiger partial charge in [0.25, 0.3) is 0 Å². The van der Waals surface area contributed by atoms with Gasteiger partial charge in [-0.05, 0) is 49.8 Å². The Hall–Kier alpha value is -1.88. The zero-order chi connectivity index (χ0) is 15.0. The molecule has 1 unspecified atom stereocenters. The number of hydrogen-bond donors (Lipinski definition) is 2. The molecule has 1 aromatic rings. The van der Waals surface area contributed by atoms with E-state index in [9.17, 15) is 9.59 Å². The Morgan fingerprint density at radius 2 is 2.05 bits per heavy atom. The van der Waals surface area contributed by atoms with Crippen LogP contribution in [0.3, 0.4) is 0 Å². The number of anilines is 2. The van der Waals surface area contributed by atoms with Crippen molar-refractivity contribution < 1.29 is 9.59 Å². The van der Waals surface area contributed by atoms with Crippen LogP contribution in [-0.2, 0) is 16.0 Å². The lowest BCUT2D eigenvalue weighted by atomic mass is 9.93. The number of nitrogens with zero attached hydrogens (tertiary/aromatic N) is 1. The molecule has 1 atom stereocenters. The maximum atomic E-state index is 12.1. The van der Waals surface area contributed by atoms with Gasteiger partial charge in [-0.15, -0.1) is 0 Å². The Balaban J connectivity index is 1.76. The van der Waals surface area contributed by atoms with Gasteiger partial charge in [-0.3, -0.25) is 4.79 Å². The zero-order valence-corrected chi connectivity index (χ0v) is 12.0. The van der Waals surface area contributed by atoms with E-state index in [1.807, 2.05) is 12.1 Å². The van der Waals surface area contributed by atoms with Crippen LogP contribution in [0.2, 0.25) is 0 Å². The molecule has 2 aliphatic carbocycles. The maximum Gasteiger partial charge on any atom is 0.146 e. The van der Waals surface area contributed by atoms with Crippen molar-refractivity contribution in [3.8, 4) is 0 Å². The average Bonchev–Trinajstić information content (AvgIpc) is 3.37. The minimum absolute atomic E-state index is 0.0789. The van der Waals surface area contributed by atoms with Crippen LogP contribution in [0.1, 0.15) is 31.2 Å². The van der Waals surface area contributed by atoms with Crippen LogP contribution in [0.25, 0.3) is 0 Å². The van der Waals surface area contributed by atoms with E-state index in [4.69, 9.17) is 11.6 Å². The van der Waals surface area contributed by atoms with E-state index in [1.54, 1.807) is 11.1 Å². The number of nitrogen functional groups attached to an aromatic ring is 1. The van der Waals surface area contributed by atoms with Crippen molar-refractivity contribution in [3.63, 3.8) is 0 Å². The molecule has 3 rings (SSSR count). The van der Waals surface area contributed by atoms with Gasteiger partial charge < -0.3 is 15.5 Å². The zero-order valence-electron chi connectivity index (χ0n) is 12.0. The molecule has 4 N–H and O–H groups in total. The highest BCUT2D eigenvalue weighted by Crippen LogP contribution is 2.35. The normalized spacial score (nSPS) is 19.1. The molecule has 5 heteroatoms. The molecule has 21 heavy (non-hydrogen) atoms. The standard InChI is InChI=1S/C16H21N3O2/c17-14-6-1-10(8-15(14)19(18)13-4-5-13)7-12(9-20)16(21)11-2-3-11/h1,6,8-9,11-13H,2-5,7,17-18H2. The lowest BCUT2D eigenvalue weighted by molar-refractivity contribution is -0.128. The summed E-state index contributed by atoms with van der Waals surface area (Å²) in [6.07, 6.45) is 5.22. The first kappa shape index (κ1) is 14.1. The topological polar surface area (TPSA) is 89.4 Å². The lowest BCUT2D eigenvalue weighted by Crippen LogP contribution is -2.33. The first-order chi connectivity index (χ1) is 10.1. The molecule has 1 aromatic carbocycles. The van der Waals surface area contributed by atoms with Crippen LogP contribution in [0.5, 0.6) is 0 Å². The highest BCUT2D eigenvalue weighted by atomic mass is 16.1. The molecule has 0 saturated heterocycles. The summed E-state index contributed by atoms with van der Waals surface area (Å²) in [5.41, 5.74) is 8.33. The largest absolute Gasteiger partial charge is 0.397 e. The molecule has 5 nitrogen and oxygen atoms in total. The molecule has 0 amide bonds. The fourth-order valence-corrected chi connectivity index (χ4v) is 2.63. The third kappa shape index (κ3) is 3.08. The number of benzene rings is 1. The molecule has 0 bridgehead atoms. The van der Waals surface area contributed by atoms with Crippen LogP contribution in [0.15, 0.2) is 18.2 Å². The van der Waals surface area contributed by atoms with E-state index < -0.39 is 5.92 Å². The summed E-state index contributed by atoms with van der Waals surface area (Å²) < 4.78 is 0. The first-order valence-corrected chi connectivity index (χ1v) is 7.51. The Bertz CT molecular complexity index is 565. The van der Waals surface area contributed by atoms with Gasteiger partial charge in [0, 0.05) is 12.0 Å². The number of rotatable bonds is 7. The maximum absolute atomic E-state index is 12.1. The number of hydrogen-bond acceptors (Lipinski definition) is 5. The van der Waals surface area contributed by atoms with E-state index >= 15 is 0 Å². The number of nitrogens with two attached hydrogens (primary N) is 2. The lowest BCUT2D eigenvalue weighted by Gasteiger charge is -2.21. The van der Waals surface area contributed by atoms with Crippen LogP contribution >= 0.6 is 0 Å². The summed E-state index contributed by atoms with van der Waals surface area (Å²) in [6, 6.07) is 5.94. The Kier molecular flexibility index (Phi) is 3.68. The van der Waals surface area contributed by atoms with E-state index in [0.717, 1.165) is 43.2 Å². The van der Waals surface area contributed by atoms with Crippen molar-refractivity contribution in [3.05, 3.63) is 23.8 Å². The molecule has 0 spiro atoms. The number of carbonyl (C=O) groups excluding carboxylic acids is 2. The second-order valence-corrected chi connectivity index (χ2v) is 6.15. The third-order valence-electron chi connectivity index (χ3n) is 4.28. The summed E-state index contributed by atoms with van der Waals surface area (Å²) in [7, 11) is 0. The highest BCUT2D eigenvalue weighted by molar-refractivity contribution is 5.96. The smallest absolute Gasteiger partial charge is 0.146 e. The first-order valence-electron chi connectivity index (χ1n) is 7.51. The minimum atomic E-state index is -0.541. The molecular formula is C16H21N3O2. The van der Waals surface area contributed by atoms with Crippen molar-refractivity contribution in [2.45, 2.75) is 38.1 Å². The number of aldehydes is 1. The average molecular weight is 287 g/mol.